The second kappa shape index (κ2) is 4.86. The maximum atomic E-state index is 6.27. The van der Waals surface area contributed by atoms with Gasteiger partial charge in [0, 0.05) is 0 Å². The fraction of sp³-hybridized carbons (Fsp3) is 1.00. The third kappa shape index (κ3) is 2.75. The molecule has 1 heteroatoms. The topological polar surface area (TPSA) is 9.23 Å². The van der Waals surface area contributed by atoms with E-state index in [-0.39, 0.29) is 5.60 Å². The van der Waals surface area contributed by atoms with Gasteiger partial charge in [-0.15, -0.1) is 0 Å². The highest BCUT2D eigenvalue weighted by atomic mass is 16.5. The van der Waals surface area contributed by atoms with Crippen molar-refractivity contribution in [1.29, 1.82) is 0 Å². The molecule has 0 aromatic carbocycles. The Kier molecular flexibility index (Phi) is 4.22. The van der Waals surface area contributed by atoms with Gasteiger partial charge < -0.3 is 4.74 Å². The van der Waals surface area contributed by atoms with Crippen molar-refractivity contribution < 1.29 is 4.74 Å². The van der Waals surface area contributed by atoms with Crippen LogP contribution in [0, 0.1) is 17.8 Å². The molecule has 0 spiro atoms. The molecule has 1 nitrogen and oxygen atoms in total. The van der Waals surface area contributed by atoms with Crippen LogP contribution in [0.15, 0.2) is 0 Å². The minimum Gasteiger partial charge on any atom is -0.372 e. The first-order valence-electron chi connectivity index (χ1n) is 6.58. The van der Waals surface area contributed by atoms with Crippen molar-refractivity contribution in [3.8, 4) is 0 Å². The zero-order valence-corrected chi connectivity index (χ0v) is 11.3. The van der Waals surface area contributed by atoms with Gasteiger partial charge in [0.25, 0.3) is 0 Å². The van der Waals surface area contributed by atoms with Crippen molar-refractivity contribution in [2.24, 2.45) is 17.8 Å². The highest BCUT2D eigenvalue weighted by Gasteiger charge is 2.43. The minimum atomic E-state index is 0.0599. The van der Waals surface area contributed by atoms with E-state index in [1.807, 2.05) is 0 Å². The first-order chi connectivity index (χ1) is 6.90. The summed E-state index contributed by atoms with van der Waals surface area (Å²) >= 11 is 0. The molecule has 1 rings (SSSR count). The first-order valence-corrected chi connectivity index (χ1v) is 6.58. The van der Waals surface area contributed by atoms with E-state index in [1.165, 1.54) is 19.3 Å². The number of ether oxygens (including phenoxy) is 1. The molecule has 1 aliphatic heterocycles. The zero-order valence-electron chi connectivity index (χ0n) is 11.3. The van der Waals surface area contributed by atoms with E-state index in [9.17, 15) is 0 Å². The number of hydrogen-bond acceptors (Lipinski definition) is 1. The SMILES string of the molecule is CCCCC1OC(C)(C)C(C)C(C)C1C. The van der Waals surface area contributed by atoms with E-state index in [0.717, 1.165) is 5.92 Å². The van der Waals surface area contributed by atoms with Crippen LogP contribution in [0.1, 0.15) is 60.8 Å². The lowest BCUT2D eigenvalue weighted by atomic mass is 9.71. The third-order valence-corrected chi connectivity index (χ3v) is 4.60. The maximum absolute atomic E-state index is 6.27. The molecule has 0 saturated carbocycles. The summed E-state index contributed by atoms with van der Waals surface area (Å²) in [4.78, 5) is 0. The lowest BCUT2D eigenvalue weighted by Crippen LogP contribution is -2.50. The Morgan fingerprint density at radius 3 is 2.20 bits per heavy atom. The Hall–Kier alpha value is -0.0400. The van der Waals surface area contributed by atoms with E-state index in [4.69, 9.17) is 4.74 Å². The van der Waals surface area contributed by atoms with Crippen molar-refractivity contribution >= 4 is 0 Å². The van der Waals surface area contributed by atoms with Gasteiger partial charge in [0.05, 0.1) is 11.7 Å². The monoisotopic (exact) mass is 212 g/mol. The van der Waals surface area contributed by atoms with Gasteiger partial charge in [0.2, 0.25) is 0 Å². The van der Waals surface area contributed by atoms with Crippen molar-refractivity contribution in [2.75, 3.05) is 0 Å². The largest absolute Gasteiger partial charge is 0.372 e. The fourth-order valence-corrected chi connectivity index (χ4v) is 2.76. The molecule has 1 fully saturated rings. The predicted octanol–water partition coefficient (Wildman–Crippen LogP) is 4.26. The van der Waals surface area contributed by atoms with E-state index in [2.05, 4.69) is 41.5 Å². The first kappa shape index (κ1) is 13.0. The van der Waals surface area contributed by atoms with Crippen LogP contribution in [-0.4, -0.2) is 11.7 Å². The minimum absolute atomic E-state index is 0.0599. The van der Waals surface area contributed by atoms with Gasteiger partial charge in [-0.25, -0.2) is 0 Å². The number of rotatable bonds is 3. The van der Waals surface area contributed by atoms with Gasteiger partial charge in [-0.2, -0.15) is 0 Å². The average Bonchev–Trinajstić information content (AvgIpc) is 2.19. The van der Waals surface area contributed by atoms with Crippen molar-refractivity contribution in [2.45, 2.75) is 72.5 Å². The predicted molar refractivity (Wildman–Crippen MR) is 66.0 cm³/mol. The summed E-state index contributed by atoms with van der Waals surface area (Å²) in [5.41, 5.74) is 0.0599. The Labute approximate surface area is 95.6 Å². The summed E-state index contributed by atoms with van der Waals surface area (Å²) < 4.78 is 6.27. The molecule has 0 aromatic rings. The summed E-state index contributed by atoms with van der Waals surface area (Å²) in [6, 6.07) is 0. The highest BCUT2D eigenvalue weighted by Crippen LogP contribution is 2.42. The van der Waals surface area contributed by atoms with Crippen LogP contribution < -0.4 is 0 Å². The quantitative estimate of drug-likeness (QED) is 0.679. The summed E-state index contributed by atoms with van der Waals surface area (Å²) in [5, 5.41) is 0. The second-order valence-corrected chi connectivity index (χ2v) is 5.91. The van der Waals surface area contributed by atoms with Gasteiger partial charge in [-0.05, 0) is 38.0 Å². The zero-order chi connectivity index (χ0) is 11.6. The Balaban J connectivity index is 2.66. The standard InChI is InChI=1S/C14H28O/c1-7-8-9-13-11(3)10(2)12(4)14(5,6)15-13/h10-13H,7-9H2,1-6H3. The normalized spacial score (nSPS) is 40.4. The second-order valence-electron chi connectivity index (χ2n) is 5.91. The summed E-state index contributed by atoms with van der Waals surface area (Å²) in [6.45, 7) is 13.8. The summed E-state index contributed by atoms with van der Waals surface area (Å²) in [5.74, 6) is 2.14. The Bertz CT molecular complexity index is 198. The molecule has 4 atom stereocenters. The number of hydrogen-bond donors (Lipinski definition) is 0. The third-order valence-electron chi connectivity index (χ3n) is 4.60. The molecule has 0 aromatic heterocycles. The smallest absolute Gasteiger partial charge is 0.0658 e. The summed E-state index contributed by atoms with van der Waals surface area (Å²) in [7, 11) is 0. The molecule has 1 heterocycles. The van der Waals surface area contributed by atoms with Gasteiger partial charge in [0.15, 0.2) is 0 Å². The van der Waals surface area contributed by atoms with Gasteiger partial charge in [0.1, 0.15) is 0 Å². The van der Waals surface area contributed by atoms with Crippen LogP contribution in [0.4, 0.5) is 0 Å². The van der Waals surface area contributed by atoms with Gasteiger partial charge in [-0.3, -0.25) is 0 Å². The van der Waals surface area contributed by atoms with Gasteiger partial charge >= 0.3 is 0 Å². The van der Waals surface area contributed by atoms with Crippen LogP contribution in [0.5, 0.6) is 0 Å². The molecule has 0 amide bonds. The number of unbranched alkanes of at least 4 members (excludes halogenated alkanes) is 1. The van der Waals surface area contributed by atoms with Crippen LogP contribution in [0.3, 0.4) is 0 Å². The van der Waals surface area contributed by atoms with Crippen molar-refractivity contribution in [1.82, 2.24) is 0 Å². The summed E-state index contributed by atoms with van der Waals surface area (Å²) in [6.07, 6.45) is 4.28. The Morgan fingerprint density at radius 2 is 1.67 bits per heavy atom. The lowest BCUT2D eigenvalue weighted by molar-refractivity contribution is -0.185. The van der Waals surface area contributed by atoms with E-state index in [1.54, 1.807) is 0 Å². The van der Waals surface area contributed by atoms with E-state index in [0.29, 0.717) is 17.9 Å². The lowest BCUT2D eigenvalue weighted by Gasteiger charge is -2.49. The van der Waals surface area contributed by atoms with E-state index >= 15 is 0 Å². The molecule has 4 unspecified atom stereocenters. The van der Waals surface area contributed by atoms with Crippen LogP contribution in [-0.2, 0) is 4.74 Å². The van der Waals surface area contributed by atoms with Crippen molar-refractivity contribution in [3.05, 3.63) is 0 Å². The molecular weight excluding hydrogens is 184 g/mol. The molecule has 0 aliphatic carbocycles. The van der Waals surface area contributed by atoms with Gasteiger partial charge in [-0.1, -0.05) is 40.5 Å². The molecule has 1 aliphatic rings. The molecular formula is C14H28O. The molecule has 90 valence electrons. The highest BCUT2D eigenvalue weighted by molar-refractivity contribution is 4.91. The van der Waals surface area contributed by atoms with Crippen LogP contribution >= 0.6 is 0 Å². The Morgan fingerprint density at radius 1 is 1.07 bits per heavy atom. The van der Waals surface area contributed by atoms with E-state index < -0.39 is 0 Å². The fourth-order valence-electron chi connectivity index (χ4n) is 2.76. The maximum Gasteiger partial charge on any atom is 0.0658 e. The van der Waals surface area contributed by atoms with Crippen molar-refractivity contribution in [3.63, 3.8) is 0 Å². The molecule has 0 N–H and O–H groups in total. The molecule has 15 heavy (non-hydrogen) atoms. The average molecular weight is 212 g/mol. The molecule has 1 saturated heterocycles. The van der Waals surface area contributed by atoms with Crippen LogP contribution in [0.25, 0.3) is 0 Å². The molecule has 0 bridgehead atoms. The van der Waals surface area contributed by atoms with Crippen LogP contribution in [0.2, 0.25) is 0 Å². The molecule has 0 radical (unpaired) electrons.